The molecule has 0 aliphatic heterocycles. The maximum Gasteiger partial charge on any atom is 0.418 e. The molecule has 0 N–H and O–H groups in total. The Bertz CT molecular complexity index is 503. The first-order valence-corrected chi connectivity index (χ1v) is 4.14. The number of hydrogen-bond acceptors (Lipinski definition) is 4. The zero-order chi connectivity index (χ0) is 13.4. The van der Waals surface area contributed by atoms with Gasteiger partial charge in [-0.25, -0.2) is 0 Å². The number of hydrogen-bond donors (Lipinski definition) is 0. The molecule has 0 amide bonds. The van der Waals surface area contributed by atoms with Crippen LogP contribution >= 0.6 is 11.6 Å². The van der Waals surface area contributed by atoms with Crippen LogP contribution in [0.5, 0.6) is 0 Å². The van der Waals surface area contributed by atoms with E-state index in [0.29, 0.717) is 0 Å². The molecule has 1 aromatic rings. The average molecular weight is 270 g/mol. The summed E-state index contributed by atoms with van der Waals surface area (Å²) in [6.07, 6.45) is -5.03. The number of benzene rings is 1. The van der Waals surface area contributed by atoms with Gasteiger partial charge >= 0.3 is 11.9 Å². The fraction of sp³-hybridized carbons (Fsp3) is 0.143. The molecular weight excluding hydrogens is 269 g/mol. The Morgan fingerprint density at radius 1 is 1.24 bits per heavy atom. The first-order chi connectivity index (χ1) is 7.64. The van der Waals surface area contributed by atoms with Gasteiger partial charge in [0.2, 0.25) is 0 Å². The Morgan fingerprint density at radius 3 is 2.12 bits per heavy atom. The molecule has 1 rings (SSSR count). The van der Waals surface area contributed by atoms with Gasteiger partial charge < -0.3 is 0 Å². The van der Waals surface area contributed by atoms with E-state index >= 15 is 0 Å². The van der Waals surface area contributed by atoms with E-state index in [0.717, 1.165) is 0 Å². The fourth-order valence-corrected chi connectivity index (χ4v) is 1.25. The van der Waals surface area contributed by atoms with E-state index in [9.17, 15) is 33.4 Å². The fourth-order valence-electron chi connectivity index (χ4n) is 0.970. The molecule has 0 aliphatic carbocycles. The van der Waals surface area contributed by atoms with Crippen molar-refractivity contribution < 1.29 is 23.0 Å². The molecule has 0 aliphatic rings. The molecule has 0 spiro atoms. The molecular formula is C7HClF3N2O4. The maximum absolute atomic E-state index is 12.4. The summed E-state index contributed by atoms with van der Waals surface area (Å²) in [5, 5.41) is 19.5. The predicted molar refractivity (Wildman–Crippen MR) is 48.6 cm³/mol. The zero-order valence-electron chi connectivity index (χ0n) is 7.62. The van der Waals surface area contributed by atoms with Crippen LogP contribution in [-0.4, -0.2) is 9.85 Å². The summed E-state index contributed by atoms with van der Waals surface area (Å²) >= 11 is 5.15. The SMILES string of the molecule is O=[N+]([O-])c1[c]c([N+](=O)[O-])c(Cl)c(C(F)(F)F)c1. The molecule has 17 heavy (non-hydrogen) atoms. The van der Waals surface area contributed by atoms with E-state index < -0.39 is 38.0 Å². The number of nitro benzene ring substituents is 2. The minimum atomic E-state index is -5.03. The van der Waals surface area contributed by atoms with Crippen LogP contribution in [0.25, 0.3) is 0 Å². The van der Waals surface area contributed by atoms with E-state index in [1.807, 2.05) is 0 Å². The van der Waals surface area contributed by atoms with Gasteiger partial charge in [0, 0.05) is 6.07 Å². The summed E-state index contributed by atoms with van der Waals surface area (Å²) in [7, 11) is 0. The van der Waals surface area contributed by atoms with Crippen molar-refractivity contribution in [3.63, 3.8) is 0 Å². The molecule has 0 aromatic heterocycles. The van der Waals surface area contributed by atoms with E-state index in [4.69, 9.17) is 11.6 Å². The van der Waals surface area contributed by atoms with Crippen molar-refractivity contribution in [1.29, 1.82) is 0 Å². The lowest BCUT2D eigenvalue weighted by Gasteiger charge is -2.08. The lowest BCUT2D eigenvalue weighted by Crippen LogP contribution is -2.08. The molecule has 6 nitrogen and oxygen atoms in total. The van der Waals surface area contributed by atoms with E-state index in [1.165, 1.54) is 0 Å². The van der Waals surface area contributed by atoms with Gasteiger partial charge in [-0.15, -0.1) is 0 Å². The lowest BCUT2D eigenvalue weighted by molar-refractivity contribution is -0.395. The Morgan fingerprint density at radius 2 is 1.76 bits per heavy atom. The van der Waals surface area contributed by atoms with E-state index in [2.05, 4.69) is 0 Å². The molecule has 0 saturated heterocycles. The lowest BCUT2D eigenvalue weighted by atomic mass is 10.1. The second kappa shape index (κ2) is 4.17. The van der Waals surface area contributed by atoms with Gasteiger partial charge in [-0.1, -0.05) is 11.6 Å². The summed E-state index contributed by atoms with van der Waals surface area (Å²) in [5.41, 5.74) is -4.10. The third-order valence-corrected chi connectivity index (χ3v) is 2.04. The number of nitrogens with zero attached hydrogens (tertiary/aromatic N) is 2. The second-order valence-electron chi connectivity index (χ2n) is 2.74. The number of rotatable bonds is 2. The minimum Gasteiger partial charge on any atom is -0.258 e. The molecule has 1 aromatic carbocycles. The zero-order valence-corrected chi connectivity index (χ0v) is 8.37. The van der Waals surface area contributed by atoms with Crippen molar-refractivity contribution in [3.05, 3.63) is 42.9 Å². The highest BCUT2D eigenvalue weighted by atomic mass is 35.5. The average Bonchev–Trinajstić information content (AvgIpc) is 2.15. The second-order valence-corrected chi connectivity index (χ2v) is 3.12. The van der Waals surface area contributed by atoms with Crippen LogP contribution in [0.2, 0.25) is 5.02 Å². The van der Waals surface area contributed by atoms with Crippen molar-refractivity contribution in [3.8, 4) is 0 Å². The van der Waals surface area contributed by atoms with Crippen LogP contribution in [0.4, 0.5) is 24.5 Å². The predicted octanol–water partition coefficient (Wildman–Crippen LogP) is 2.98. The van der Waals surface area contributed by atoms with Gasteiger partial charge in [-0.2, -0.15) is 13.2 Å². The van der Waals surface area contributed by atoms with Crippen LogP contribution in [0.1, 0.15) is 5.56 Å². The molecule has 0 fully saturated rings. The monoisotopic (exact) mass is 269 g/mol. The van der Waals surface area contributed by atoms with Gasteiger partial charge in [-0.3, -0.25) is 20.2 Å². The quantitative estimate of drug-likeness (QED) is 0.610. The third kappa shape index (κ3) is 2.61. The third-order valence-electron chi connectivity index (χ3n) is 1.66. The largest absolute Gasteiger partial charge is 0.418 e. The van der Waals surface area contributed by atoms with Crippen molar-refractivity contribution >= 4 is 23.0 Å². The molecule has 0 saturated carbocycles. The molecule has 0 atom stereocenters. The number of nitro groups is 2. The molecule has 0 unspecified atom stereocenters. The van der Waals surface area contributed by atoms with Crippen LogP contribution in [-0.2, 0) is 6.18 Å². The smallest absolute Gasteiger partial charge is 0.258 e. The number of halogens is 4. The van der Waals surface area contributed by atoms with Crippen molar-refractivity contribution in [2.24, 2.45) is 0 Å². The number of non-ortho nitro benzene ring substituents is 1. The van der Waals surface area contributed by atoms with Gasteiger partial charge in [0.05, 0.1) is 15.4 Å². The van der Waals surface area contributed by atoms with E-state index in [1.54, 1.807) is 6.07 Å². The Kier molecular flexibility index (Phi) is 3.23. The van der Waals surface area contributed by atoms with Gasteiger partial charge in [0.1, 0.15) is 5.02 Å². The van der Waals surface area contributed by atoms with Crippen LogP contribution in [0.3, 0.4) is 0 Å². The maximum atomic E-state index is 12.4. The summed E-state index contributed by atoms with van der Waals surface area (Å²) < 4.78 is 37.2. The normalized spacial score (nSPS) is 11.3. The molecule has 91 valence electrons. The molecule has 0 heterocycles. The highest BCUT2D eigenvalue weighted by Gasteiger charge is 2.39. The topological polar surface area (TPSA) is 86.3 Å². The van der Waals surface area contributed by atoms with Crippen molar-refractivity contribution in [1.82, 2.24) is 0 Å². The van der Waals surface area contributed by atoms with E-state index in [-0.39, 0.29) is 6.07 Å². The highest BCUT2D eigenvalue weighted by molar-refractivity contribution is 6.33. The van der Waals surface area contributed by atoms with Crippen molar-refractivity contribution in [2.75, 3.05) is 0 Å². The summed E-state index contributed by atoms with van der Waals surface area (Å²) in [6, 6.07) is 1.69. The standard InChI is InChI=1S/C7HClF3N2O4/c8-6-4(7(9,10)11)1-3(12(14)15)2-5(6)13(16)17/h1H. The van der Waals surface area contributed by atoms with Gasteiger partial charge in [-0.05, 0) is 0 Å². The summed E-state index contributed by atoms with van der Waals surface area (Å²) in [4.78, 5) is 18.2. The number of alkyl halides is 3. The van der Waals surface area contributed by atoms with Crippen LogP contribution in [0, 0.1) is 26.3 Å². The van der Waals surface area contributed by atoms with Crippen LogP contribution < -0.4 is 0 Å². The Hall–Kier alpha value is -1.90. The van der Waals surface area contributed by atoms with Crippen molar-refractivity contribution in [2.45, 2.75) is 6.18 Å². The van der Waals surface area contributed by atoms with Gasteiger partial charge in [0.25, 0.3) is 5.69 Å². The van der Waals surface area contributed by atoms with Crippen LogP contribution in [0.15, 0.2) is 6.07 Å². The van der Waals surface area contributed by atoms with Gasteiger partial charge in [0.15, 0.2) is 6.07 Å². The Balaban J connectivity index is 3.60. The summed E-state index contributed by atoms with van der Waals surface area (Å²) in [5.74, 6) is 0. The first-order valence-electron chi connectivity index (χ1n) is 3.76. The minimum absolute atomic E-state index is 0.0926. The Labute approximate surface area is 95.9 Å². The molecule has 0 bridgehead atoms. The molecule has 1 radical (unpaired) electrons. The molecule has 10 heteroatoms. The summed E-state index contributed by atoms with van der Waals surface area (Å²) in [6.45, 7) is 0. The highest BCUT2D eigenvalue weighted by Crippen LogP contribution is 2.41. The first kappa shape index (κ1) is 13.2.